The zero-order chi connectivity index (χ0) is 13.0. The number of hydrogen-bond donors (Lipinski definition) is 1. The van der Waals surface area contributed by atoms with Crippen molar-refractivity contribution >= 4 is 21.6 Å². The minimum absolute atomic E-state index is 0.403. The van der Waals surface area contributed by atoms with Gasteiger partial charge in [0.25, 0.3) is 0 Å². The van der Waals surface area contributed by atoms with Crippen LogP contribution < -0.4 is 5.32 Å². The summed E-state index contributed by atoms with van der Waals surface area (Å²) in [7, 11) is 0. The van der Waals surface area contributed by atoms with Crippen LogP contribution in [0, 0.1) is 11.3 Å². The molecular formula is C14H18BrN3. The lowest BCUT2D eigenvalue weighted by molar-refractivity contribution is 0.206. The monoisotopic (exact) mass is 307 g/mol. The molecule has 0 atom stereocenters. The first-order valence-electron chi connectivity index (χ1n) is 6.35. The summed E-state index contributed by atoms with van der Waals surface area (Å²) in [4.78, 5) is 2.39. The number of nitriles is 1. The van der Waals surface area contributed by atoms with Gasteiger partial charge in [0.2, 0.25) is 0 Å². The number of piperidine rings is 1. The predicted molar refractivity (Wildman–Crippen MR) is 77.5 cm³/mol. The van der Waals surface area contributed by atoms with Gasteiger partial charge in [-0.25, -0.2) is 0 Å². The number of nitrogens with one attached hydrogen (secondary N) is 1. The minimum atomic E-state index is -0.403. The molecule has 96 valence electrons. The van der Waals surface area contributed by atoms with Crippen LogP contribution in [0.15, 0.2) is 28.7 Å². The van der Waals surface area contributed by atoms with Gasteiger partial charge in [0, 0.05) is 23.2 Å². The summed E-state index contributed by atoms with van der Waals surface area (Å²) < 4.78 is 1.06. The molecule has 1 aromatic rings. The van der Waals surface area contributed by atoms with E-state index in [9.17, 15) is 5.26 Å². The van der Waals surface area contributed by atoms with Crippen LogP contribution in [0.2, 0.25) is 0 Å². The summed E-state index contributed by atoms with van der Waals surface area (Å²) in [5.41, 5.74) is 0.615. The van der Waals surface area contributed by atoms with Crippen molar-refractivity contribution in [2.24, 2.45) is 0 Å². The summed E-state index contributed by atoms with van der Waals surface area (Å²) in [6.07, 6.45) is 1.76. The zero-order valence-electron chi connectivity index (χ0n) is 10.6. The lowest BCUT2D eigenvalue weighted by Gasteiger charge is -2.37. The number of nitrogens with zero attached hydrogens (tertiary/aromatic N) is 2. The predicted octanol–water partition coefficient (Wildman–Crippen LogP) is 3.24. The van der Waals surface area contributed by atoms with Crippen molar-refractivity contribution in [3.63, 3.8) is 0 Å². The van der Waals surface area contributed by atoms with Gasteiger partial charge < -0.3 is 10.2 Å². The number of likely N-dealkylation sites (tertiary alicyclic amines) is 1. The minimum Gasteiger partial charge on any atom is -0.367 e. The Morgan fingerprint density at radius 1 is 1.33 bits per heavy atom. The summed E-state index contributed by atoms with van der Waals surface area (Å²) >= 11 is 3.42. The first kappa shape index (κ1) is 13.4. The Bertz CT molecular complexity index is 427. The number of rotatable bonds is 3. The lowest BCUT2D eigenvalue weighted by Crippen LogP contribution is -2.48. The molecule has 1 N–H and O–H groups in total. The van der Waals surface area contributed by atoms with Crippen molar-refractivity contribution < 1.29 is 0 Å². The SMILES string of the molecule is CCN1CCC(C#N)(Nc2ccc(Br)cc2)CC1. The van der Waals surface area contributed by atoms with Crippen LogP contribution in [-0.4, -0.2) is 30.1 Å². The molecule has 0 bridgehead atoms. The maximum atomic E-state index is 9.48. The van der Waals surface area contributed by atoms with Gasteiger partial charge in [0.1, 0.15) is 5.54 Å². The highest BCUT2D eigenvalue weighted by Crippen LogP contribution is 2.27. The zero-order valence-corrected chi connectivity index (χ0v) is 12.2. The average molecular weight is 308 g/mol. The molecule has 18 heavy (non-hydrogen) atoms. The van der Waals surface area contributed by atoms with Crippen LogP contribution in [0.25, 0.3) is 0 Å². The van der Waals surface area contributed by atoms with Gasteiger partial charge in [-0.15, -0.1) is 0 Å². The van der Waals surface area contributed by atoms with Gasteiger partial charge in [0.05, 0.1) is 6.07 Å². The van der Waals surface area contributed by atoms with Crippen LogP contribution in [0.3, 0.4) is 0 Å². The van der Waals surface area contributed by atoms with Crippen LogP contribution in [0.5, 0.6) is 0 Å². The molecule has 0 aromatic heterocycles. The third-order valence-electron chi connectivity index (χ3n) is 3.60. The van der Waals surface area contributed by atoms with Crippen molar-refractivity contribution in [1.29, 1.82) is 5.26 Å². The second kappa shape index (κ2) is 5.73. The summed E-state index contributed by atoms with van der Waals surface area (Å²) in [6.45, 7) is 5.22. The molecule has 1 aliphatic heterocycles. The standard InChI is InChI=1S/C14H18BrN3/c1-2-18-9-7-14(11-16,8-10-18)17-13-5-3-12(15)4-6-13/h3-6,17H,2,7-10H2,1H3. The highest BCUT2D eigenvalue weighted by molar-refractivity contribution is 9.10. The smallest absolute Gasteiger partial charge is 0.127 e. The Kier molecular flexibility index (Phi) is 4.26. The Morgan fingerprint density at radius 2 is 1.94 bits per heavy atom. The maximum absolute atomic E-state index is 9.48. The van der Waals surface area contributed by atoms with Crippen LogP contribution in [0.1, 0.15) is 19.8 Å². The fourth-order valence-electron chi connectivity index (χ4n) is 2.33. The maximum Gasteiger partial charge on any atom is 0.127 e. The van der Waals surface area contributed by atoms with Crippen LogP contribution in [0.4, 0.5) is 5.69 Å². The third kappa shape index (κ3) is 3.04. The Morgan fingerprint density at radius 3 is 2.44 bits per heavy atom. The summed E-state index contributed by atoms with van der Waals surface area (Å²) in [5.74, 6) is 0. The molecule has 3 nitrogen and oxygen atoms in total. The first-order chi connectivity index (χ1) is 8.67. The lowest BCUT2D eigenvalue weighted by atomic mass is 9.88. The third-order valence-corrected chi connectivity index (χ3v) is 4.13. The van der Waals surface area contributed by atoms with Gasteiger partial charge in [0.15, 0.2) is 0 Å². The fourth-order valence-corrected chi connectivity index (χ4v) is 2.59. The average Bonchev–Trinajstić information content (AvgIpc) is 2.42. The molecule has 1 heterocycles. The van der Waals surface area contributed by atoms with Gasteiger partial charge in [-0.3, -0.25) is 0 Å². The van der Waals surface area contributed by atoms with Crippen molar-refractivity contribution in [2.75, 3.05) is 25.0 Å². The highest BCUT2D eigenvalue weighted by Gasteiger charge is 2.34. The van der Waals surface area contributed by atoms with E-state index < -0.39 is 5.54 Å². The van der Waals surface area contributed by atoms with Crippen LogP contribution >= 0.6 is 15.9 Å². The van der Waals surface area contributed by atoms with E-state index in [1.165, 1.54) is 0 Å². The second-order valence-electron chi connectivity index (χ2n) is 4.76. The number of anilines is 1. The van der Waals surface area contributed by atoms with Crippen LogP contribution in [-0.2, 0) is 0 Å². The van der Waals surface area contributed by atoms with E-state index in [2.05, 4.69) is 39.1 Å². The normalized spacial score (nSPS) is 19.2. The van der Waals surface area contributed by atoms with Gasteiger partial charge in [-0.2, -0.15) is 5.26 Å². The molecule has 1 aliphatic rings. The molecule has 0 radical (unpaired) electrons. The van der Waals surface area contributed by atoms with Gasteiger partial charge in [-0.05, 0) is 43.7 Å². The Balaban J connectivity index is 2.06. The highest BCUT2D eigenvalue weighted by atomic mass is 79.9. The molecule has 1 aromatic carbocycles. The van der Waals surface area contributed by atoms with Crippen molar-refractivity contribution in [3.8, 4) is 6.07 Å². The molecule has 0 amide bonds. The molecule has 0 unspecified atom stereocenters. The van der Waals surface area contributed by atoms with Crippen molar-refractivity contribution in [1.82, 2.24) is 4.90 Å². The molecule has 1 saturated heterocycles. The van der Waals surface area contributed by atoms with E-state index in [0.717, 1.165) is 42.6 Å². The molecule has 0 saturated carbocycles. The van der Waals surface area contributed by atoms with Gasteiger partial charge >= 0.3 is 0 Å². The number of hydrogen-bond acceptors (Lipinski definition) is 3. The molecule has 2 rings (SSSR count). The molecule has 1 fully saturated rings. The molecular weight excluding hydrogens is 290 g/mol. The van der Waals surface area contributed by atoms with E-state index in [0.29, 0.717) is 0 Å². The summed E-state index contributed by atoms with van der Waals surface area (Å²) in [5, 5.41) is 12.9. The first-order valence-corrected chi connectivity index (χ1v) is 7.14. The van der Waals surface area contributed by atoms with Crippen molar-refractivity contribution in [3.05, 3.63) is 28.7 Å². The number of benzene rings is 1. The second-order valence-corrected chi connectivity index (χ2v) is 5.68. The Labute approximate surface area is 117 Å². The van der Waals surface area contributed by atoms with E-state index in [1.807, 2.05) is 24.3 Å². The van der Waals surface area contributed by atoms with Gasteiger partial charge in [-0.1, -0.05) is 22.9 Å². The van der Waals surface area contributed by atoms with Crippen molar-refractivity contribution in [2.45, 2.75) is 25.3 Å². The fraction of sp³-hybridized carbons (Fsp3) is 0.500. The van der Waals surface area contributed by atoms with E-state index in [-0.39, 0.29) is 0 Å². The van der Waals surface area contributed by atoms with E-state index in [1.54, 1.807) is 0 Å². The molecule has 0 aliphatic carbocycles. The topological polar surface area (TPSA) is 39.1 Å². The number of halogens is 1. The largest absolute Gasteiger partial charge is 0.367 e. The summed E-state index contributed by atoms with van der Waals surface area (Å²) in [6, 6.07) is 10.5. The molecule has 4 heteroatoms. The Hall–Kier alpha value is -1.05. The van der Waals surface area contributed by atoms with E-state index in [4.69, 9.17) is 0 Å². The molecule has 0 spiro atoms. The van der Waals surface area contributed by atoms with E-state index >= 15 is 0 Å². The quantitative estimate of drug-likeness (QED) is 0.932.